The second-order valence-corrected chi connectivity index (χ2v) is 5.42. The molecule has 0 aliphatic rings. The zero-order valence-corrected chi connectivity index (χ0v) is 13.3. The Hall–Kier alpha value is -1.55. The van der Waals surface area contributed by atoms with Gasteiger partial charge in [0.15, 0.2) is 0 Å². The largest absolute Gasteiger partial charge is 0.573 e. The molecule has 0 amide bonds. The summed E-state index contributed by atoms with van der Waals surface area (Å²) in [5.41, 5.74) is 6.03. The number of aromatic nitrogens is 2. The van der Waals surface area contributed by atoms with Crippen LogP contribution in [0.15, 0.2) is 33.3 Å². The van der Waals surface area contributed by atoms with E-state index in [1.807, 2.05) is 0 Å². The lowest BCUT2D eigenvalue weighted by Crippen LogP contribution is -2.17. The van der Waals surface area contributed by atoms with Crippen LogP contribution in [0.4, 0.5) is 30.6 Å². The van der Waals surface area contributed by atoms with E-state index in [-0.39, 0.29) is 22.0 Å². The lowest BCUT2D eigenvalue weighted by atomic mass is 10.3. The van der Waals surface area contributed by atoms with Gasteiger partial charge in [-0.3, -0.25) is 0 Å². The molecule has 1 aromatic heterocycles. The first kappa shape index (κ1) is 15.8. The third-order valence-electron chi connectivity index (χ3n) is 2.13. The van der Waals surface area contributed by atoms with Gasteiger partial charge in [-0.25, -0.2) is 4.98 Å². The van der Waals surface area contributed by atoms with Gasteiger partial charge in [0.2, 0.25) is 5.95 Å². The Morgan fingerprint density at radius 3 is 2.43 bits per heavy atom. The van der Waals surface area contributed by atoms with Crippen molar-refractivity contribution in [3.05, 3.63) is 33.3 Å². The monoisotopic (exact) mass is 426 g/mol. The molecular weight excluding hydrogens is 421 g/mol. The first-order chi connectivity index (χ1) is 9.73. The van der Waals surface area contributed by atoms with Crippen LogP contribution in [0.3, 0.4) is 0 Å². The van der Waals surface area contributed by atoms with Gasteiger partial charge in [-0.05, 0) is 50.1 Å². The van der Waals surface area contributed by atoms with Gasteiger partial charge >= 0.3 is 6.36 Å². The van der Waals surface area contributed by atoms with E-state index in [0.717, 1.165) is 0 Å². The predicted octanol–water partition coefficient (Wildman–Crippen LogP) is 4.23. The van der Waals surface area contributed by atoms with Gasteiger partial charge in [-0.15, -0.1) is 13.2 Å². The van der Waals surface area contributed by atoms with Crippen molar-refractivity contribution in [2.75, 3.05) is 11.1 Å². The first-order valence-corrected chi connectivity index (χ1v) is 6.94. The van der Waals surface area contributed by atoms with E-state index < -0.39 is 6.36 Å². The van der Waals surface area contributed by atoms with Crippen molar-refractivity contribution in [3.63, 3.8) is 0 Å². The highest BCUT2D eigenvalue weighted by molar-refractivity contribution is 9.10. The normalized spacial score (nSPS) is 11.3. The summed E-state index contributed by atoms with van der Waals surface area (Å²) in [6.07, 6.45) is -4.75. The summed E-state index contributed by atoms with van der Waals surface area (Å²) in [6, 6.07) is 5.48. The van der Waals surface area contributed by atoms with Crippen LogP contribution in [0.25, 0.3) is 0 Å². The smallest absolute Gasteiger partial charge is 0.405 e. The predicted molar refractivity (Wildman–Crippen MR) is 78.3 cm³/mol. The van der Waals surface area contributed by atoms with Crippen molar-refractivity contribution in [3.8, 4) is 5.75 Å². The summed E-state index contributed by atoms with van der Waals surface area (Å²) >= 11 is 6.16. The molecule has 10 heteroatoms. The second kappa shape index (κ2) is 6.06. The minimum absolute atomic E-state index is 0.132. The summed E-state index contributed by atoms with van der Waals surface area (Å²) in [7, 11) is 0. The summed E-state index contributed by atoms with van der Waals surface area (Å²) in [6.45, 7) is 0. The minimum atomic E-state index is -4.75. The van der Waals surface area contributed by atoms with E-state index in [1.54, 1.807) is 0 Å². The van der Waals surface area contributed by atoms with Gasteiger partial charge in [0, 0.05) is 11.8 Å². The Morgan fingerprint density at radius 2 is 1.86 bits per heavy atom. The molecule has 2 rings (SSSR count). The van der Waals surface area contributed by atoms with Gasteiger partial charge in [0.1, 0.15) is 16.2 Å². The molecule has 0 spiro atoms. The molecule has 0 saturated heterocycles. The number of nitrogens with two attached hydrogens (primary N) is 1. The molecule has 2 aromatic rings. The fourth-order valence-corrected chi connectivity index (χ4v) is 2.27. The van der Waals surface area contributed by atoms with Crippen LogP contribution in [0.5, 0.6) is 5.75 Å². The van der Waals surface area contributed by atoms with E-state index in [4.69, 9.17) is 5.73 Å². The molecule has 112 valence electrons. The number of hydrogen-bond donors (Lipinski definition) is 2. The van der Waals surface area contributed by atoms with Gasteiger partial charge in [-0.2, -0.15) is 4.98 Å². The molecule has 1 aromatic carbocycles. The number of nitrogen functional groups attached to an aromatic ring is 1. The summed E-state index contributed by atoms with van der Waals surface area (Å²) in [4.78, 5) is 7.97. The maximum absolute atomic E-state index is 12.2. The molecule has 0 aliphatic heterocycles. The lowest BCUT2D eigenvalue weighted by molar-refractivity contribution is -0.274. The van der Waals surface area contributed by atoms with Crippen molar-refractivity contribution in [1.82, 2.24) is 9.97 Å². The number of rotatable bonds is 3. The van der Waals surface area contributed by atoms with Crippen LogP contribution >= 0.6 is 31.9 Å². The molecule has 0 aliphatic carbocycles. The number of benzene rings is 1. The zero-order valence-electron chi connectivity index (χ0n) is 10.1. The van der Waals surface area contributed by atoms with Crippen molar-refractivity contribution in [2.45, 2.75) is 6.36 Å². The molecule has 5 nitrogen and oxygen atoms in total. The number of ether oxygens (including phenoxy) is 1. The Labute approximate surface area is 134 Å². The average Bonchev–Trinajstić information content (AvgIpc) is 2.30. The molecule has 1 heterocycles. The van der Waals surface area contributed by atoms with Crippen molar-refractivity contribution >= 4 is 49.3 Å². The van der Waals surface area contributed by atoms with E-state index in [0.29, 0.717) is 10.3 Å². The quantitative estimate of drug-likeness (QED) is 0.717. The van der Waals surface area contributed by atoms with Crippen LogP contribution in [0.2, 0.25) is 0 Å². The number of nitrogens with zero attached hydrogens (tertiary/aromatic N) is 2. The van der Waals surface area contributed by atoms with Crippen molar-refractivity contribution < 1.29 is 17.9 Å². The summed E-state index contributed by atoms with van der Waals surface area (Å²) in [5.74, 6) is 0.108. The minimum Gasteiger partial charge on any atom is -0.405 e. The van der Waals surface area contributed by atoms with Crippen LogP contribution in [-0.4, -0.2) is 16.3 Å². The molecule has 0 fully saturated rings. The summed E-state index contributed by atoms with van der Waals surface area (Å²) < 4.78 is 40.9. The summed E-state index contributed by atoms with van der Waals surface area (Å²) in [5, 5.41) is 2.82. The van der Waals surface area contributed by atoms with Crippen LogP contribution in [-0.2, 0) is 0 Å². The SMILES string of the molecule is Nc1cc(Br)nc(Nc2ccc(OC(F)(F)F)c(Br)c2)n1. The second-order valence-electron chi connectivity index (χ2n) is 3.76. The van der Waals surface area contributed by atoms with Gasteiger partial charge in [-0.1, -0.05) is 0 Å². The van der Waals surface area contributed by atoms with Crippen LogP contribution in [0, 0.1) is 0 Å². The standard InChI is InChI=1S/C11H7Br2F3N4O/c12-6-3-5(1-2-7(6)21-11(14,15)16)18-10-19-8(13)4-9(17)20-10/h1-4H,(H3,17,18,19,20). The molecule has 0 bridgehead atoms. The molecule has 3 N–H and O–H groups in total. The first-order valence-electron chi connectivity index (χ1n) is 5.35. The maximum Gasteiger partial charge on any atom is 0.573 e. The van der Waals surface area contributed by atoms with Gasteiger partial charge < -0.3 is 15.8 Å². The van der Waals surface area contributed by atoms with Crippen molar-refractivity contribution in [2.24, 2.45) is 0 Å². The number of anilines is 3. The Bertz CT molecular complexity index is 646. The van der Waals surface area contributed by atoms with Gasteiger partial charge in [0.25, 0.3) is 0 Å². The molecular formula is C11H7Br2F3N4O. The van der Waals surface area contributed by atoms with Crippen LogP contribution in [0.1, 0.15) is 0 Å². The third kappa shape index (κ3) is 4.74. The van der Waals surface area contributed by atoms with E-state index in [1.165, 1.54) is 24.3 Å². The maximum atomic E-state index is 12.2. The fourth-order valence-electron chi connectivity index (χ4n) is 1.41. The zero-order chi connectivity index (χ0) is 15.6. The average molecular weight is 428 g/mol. The highest BCUT2D eigenvalue weighted by atomic mass is 79.9. The third-order valence-corrected chi connectivity index (χ3v) is 3.15. The molecule has 0 atom stereocenters. The Balaban J connectivity index is 2.20. The van der Waals surface area contributed by atoms with E-state index >= 15 is 0 Å². The highest BCUT2D eigenvalue weighted by Crippen LogP contribution is 2.33. The van der Waals surface area contributed by atoms with E-state index in [9.17, 15) is 13.2 Å². The molecule has 21 heavy (non-hydrogen) atoms. The van der Waals surface area contributed by atoms with Crippen molar-refractivity contribution in [1.29, 1.82) is 0 Å². The number of hydrogen-bond acceptors (Lipinski definition) is 5. The number of alkyl halides is 3. The highest BCUT2D eigenvalue weighted by Gasteiger charge is 2.31. The fraction of sp³-hybridized carbons (Fsp3) is 0.0909. The molecule has 0 saturated carbocycles. The molecule has 0 unspecified atom stereocenters. The Kier molecular flexibility index (Phi) is 4.57. The van der Waals surface area contributed by atoms with Crippen LogP contribution < -0.4 is 15.8 Å². The number of halogens is 5. The van der Waals surface area contributed by atoms with Gasteiger partial charge in [0.05, 0.1) is 4.47 Å². The number of nitrogens with one attached hydrogen (secondary N) is 1. The van der Waals surface area contributed by atoms with E-state index in [2.05, 4.69) is 51.9 Å². The molecule has 0 radical (unpaired) electrons. The Morgan fingerprint density at radius 1 is 1.14 bits per heavy atom. The topological polar surface area (TPSA) is 73.1 Å². The lowest BCUT2D eigenvalue weighted by Gasteiger charge is -2.12.